The largest absolute Gasteiger partial charge is 0.310 e. The molecule has 0 aliphatic rings. The summed E-state index contributed by atoms with van der Waals surface area (Å²) in [4.78, 5) is 19.4. The standard InChI is InChI=1S/C19H13F2N3O/c1-10-3-4-12(7-15(10)20)17-18(23-11(2)24-19(17)25)13-5-6-14(9-22)16(21)8-13/h3-8H,1-2H3,(H,23,24,25). The van der Waals surface area contributed by atoms with Gasteiger partial charge in [0.25, 0.3) is 5.56 Å². The molecule has 0 atom stereocenters. The average Bonchev–Trinajstić information content (AvgIpc) is 2.57. The fourth-order valence-electron chi connectivity index (χ4n) is 2.56. The molecule has 0 spiro atoms. The van der Waals surface area contributed by atoms with Gasteiger partial charge in [-0.15, -0.1) is 0 Å². The van der Waals surface area contributed by atoms with Crippen LogP contribution >= 0.6 is 0 Å². The van der Waals surface area contributed by atoms with Crippen molar-refractivity contribution in [3.63, 3.8) is 0 Å². The Labute approximate surface area is 142 Å². The predicted molar refractivity (Wildman–Crippen MR) is 89.8 cm³/mol. The maximum Gasteiger partial charge on any atom is 0.259 e. The molecule has 0 aliphatic heterocycles. The average molecular weight is 337 g/mol. The van der Waals surface area contributed by atoms with E-state index in [9.17, 15) is 13.6 Å². The van der Waals surface area contributed by atoms with Crippen LogP contribution in [0.4, 0.5) is 8.78 Å². The molecule has 3 aromatic rings. The summed E-state index contributed by atoms with van der Waals surface area (Å²) < 4.78 is 27.9. The zero-order chi connectivity index (χ0) is 18.1. The van der Waals surface area contributed by atoms with Crippen molar-refractivity contribution in [2.24, 2.45) is 0 Å². The van der Waals surface area contributed by atoms with Gasteiger partial charge in [0.05, 0.1) is 16.8 Å². The van der Waals surface area contributed by atoms with E-state index in [0.29, 0.717) is 22.5 Å². The van der Waals surface area contributed by atoms with Crippen LogP contribution in [-0.2, 0) is 0 Å². The number of aromatic nitrogens is 2. The van der Waals surface area contributed by atoms with Gasteiger partial charge in [0.1, 0.15) is 23.5 Å². The monoisotopic (exact) mass is 337 g/mol. The highest BCUT2D eigenvalue weighted by Gasteiger charge is 2.17. The molecule has 0 radical (unpaired) electrons. The normalized spacial score (nSPS) is 10.5. The van der Waals surface area contributed by atoms with Gasteiger partial charge in [-0.1, -0.05) is 18.2 Å². The number of rotatable bonds is 2. The molecule has 2 aromatic carbocycles. The lowest BCUT2D eigenvalue weighted by Gasteiger charge is -2.11. The Balaban J connectivity index is 2.30. The third-order valence-corrected chi connectivity index (χ3v) is 3.86. The Bertz CT molecular complexity index is 1080. The molecule has 0 fully saturated rings. The zero-order valence-corrected chi connectivity index (χ0v) is 13.5. The molecule has 124 valence electrons. The number of nitrogens with zero attached hydrogens (tertiary/aromatic N) is 2. The van der Waals surface area contributed by atoms with Crippen molar-refractivity contribution >= 4 is 0 Å². The minimum Gasteiger partial charge on any atom is -0.310 e. The van der Waals surface area contributed by atoms with Gasteiger partial charge < -0.3 is 4.98 Å². The Morgan fingerprint density at radius 3 is 2.36 bits per heavy atom. The van der Waals surface area contributed by atoms with Crippen LogP contribution in [0, 0.1) is 36.8 Å². The Hall–Kier alpha value is -3.33. The smallest absolute Gasteiger partial charge is 0.259 e. The van der Waals surface area contributed by atoms with Crippen LogP contribution in [0.1, 0.15) is 17.0 Å². The first-order chi connectivity index (χ1) is 11.9. The number of nitriles is 1. The molecular weight excluding hydrogens is 324 g/mol. The van der Waals surface area contributed by atoms with E-state index in [1.54, 1.807) is 32.0 Å². The summed E-state index contributed by atoms with van der Waals surface area (Å²) in [6, 6.07) is 10.2. The van der Waals surface area contributed by atoms with Crippen LogP contribution in [0.5, 0.6) is 0 Å². The molecular formula is C19H13F2N3O. The van der Waals surface area contributed by atoms with Gasteiger partial charge in [-0.2, -0.15) is 5.26 Å². The van der Waals surface area contributed by atoms with E-state index >= 15 is 0 Å². The number of nitrogens with one attached hydrogen (secondary N) is 1. The van der Waals surface area contributed by atoms with Crippen LogP contribution in [0.3, 0.4) is 0 Å². The van der Waals surface area contributed by atoms with E-state index in [1.807, 2.05) is 0 Å². The molecule has 25 heavy (non-hydrogen) atoms. The van der Waals surface area contributed by atoms with Crippen LogP contribution in [-0.4, -0.2) is 9.97 Å². The van der Waals surface area contributed by atoms with Crippen molar-refractivity contribution in [1.82, 2.24) is 9.97 Å². The highest BCUT2D eigenvalue weighted by molar-refractivity contribution is 5.80. The van der Waals surface area contributed by atoms with Crippen LogP contribution < -0.4 is 5.56 Å². The van der Waals surface area contributed by atoms with Crippen LogP contribution in [0.2, 0.25) is 0 Å². The number of aryl methyl sites for hydroxylation is 2. The third kappa shape index (κ3) is 3.04. The molecule has 1 heterocycles. The molecule has 0 saturated carbocycles. The van der Waals surface area contributed by atoms with E-state index in [1.165, 1.54) is 18.2 Å². The summed E-state index contributed by atoms with van der Waals surface area (Å²) >= 11 is 0. The summed E-state index contributed by atoms with van der Waals surface area (Å²) in [5.74, 6) is -0.809. The first-order valence-electron chi connectivity index (χ1n) is 7.48. The summed E-state index contributed by atoms with van der Waals surface area (Å²) in [5.41, 5.74) is 0.954. The minimum absolute atomic E-state index is 0.103. The zero-order valence-electron chi connectivity index (χ0n) is 13.5. The van der Waals surface area contributed by atoms with Crippen molar-refractivity contribution < 1.29 is 8.78 Å². The number of benzene rings is 2. The molecule has 0 bridgehead atoms. The summed E-state index contributed by atoms with van der Waals surface area (Å²) in [6.07, 6.45) is 0. The minimum atomic E-state index is -0.708. The SMILES string of the molecule is Cc1nc(-c2ccc(C#N)c(F)c2)c(-c2ccc(C)c(F)c2)c(=O)[nH]1. The molecule has 1 aromatic heterocycles. The molecule has 0 saturated heterocycles. The van der Waals surface area contributed by atoms with Gasteiger partial charge in [-0.05, 0) is 43.2 Å². The predicted octanol–water partition coefficient (Wildman–Crippen LogP) is 3.87. The molecule has 4 nitrogen and oxygen atoms in total. The van der Waals surface area contributed by atoms with Crippen LogP contribution in [0.15, 0.2) is 41.2 Å². The molecule has 6 heteroatoms. The van der Waals surface area contributed by atoms with Gasteiger partial charge in [0.2, 0.25) is 0 Å². The van der Waals surface area contributed by atoms with E-state index < -0.39 is 17.2 Å². The van der Waals surface area contributed by atoms with Crippen molar-refractivity contribution in [3.8, 4) is 28.5 Å². The van der Waals surface area contributed by atoms with E-state index in [0.717, 1.165) is 6.07 Å². The van der Waals surface area contributed by atoms with Gasteiger partial charge >= 0.3 is 0 Å². The van der Waals surface area contributed by atoms with Gasteiger partial charge in [0.15, 0.2) is 0 Å². The molecule has 0 amide bonds. The fraction of sp³-hybridized carbons (Fsp3) is 0.105. The maximum absolute atomic E-state index is 14.0. The first-order valence-corrected chi connectivity index (χ1v) is 7.48. The van der Waals surface area contributed by atoms with Crippen molar-refractivity contribution in [2.45, 2.75) is 13.8 Å². The highest BCUT2D eigenvalue weighted by atomic mass is 19.1. The van der Waals surface area contributed by atoms with E-state index in [4.69, 9.17) is 5.26 Å². The Morgan fingerprint density at radius 2 is 1.72 bits per heavy atom. The molecule has 1 N–H and O–H groups in total. The number of hydrogen-bond acceptors (Lipinski definition) is 3. The Morgan fingerprint density at radius 1 is 1.04 bits per heavy atom. The van der Waals surface area contributed by atoms with Crippen molar-refractivity contribution in [1.29, 1.82) is 5.26 Å². The summed E-state index contributed by atoms with van der Waals surface area (Å²) in [7, 11) is 0. The van der Waals surface area contributed by atoms with Crippen molar-refractivity contribution in [3.05, 3.63) is 75.3 Å². The second-order valence-electron chi connectivity index (χ2n) is 5.65. The molecule has 3 rings (SSSR count). The van der Waals surface area contributed by atoms with Gasteiger partial charge in [-0.3, -0.25) is 4.79 Å². The number of aromatic amines is 1. The third-order valence-electron chi connectivity index (χ3n) is 3.86. The van der Waals surface area contributed by atoms with Gasteiger partial charge in [-0.25, -0.2) is 13.8 Å². The second kappa shape index (κ2) is 6.29. The quantitative estimate of drug-likeness (QED) is 0.772. The fourth-order valence-corrected chi connectivity index (χ4v) is 2.56. The summed E-state index contributed by atoms with van der Waals surface area (Å²) in [5, 5.41) is 8.85. The van der Waals surface area contributed by atoms with Crippen molar-refractivity contribution in [2.75, 3.05) is 0 Å². The summed E-state index contributed by atoms with van der Waals surface area (Å²) in [6.45, 7) is 3.22. The number of H-pyrrole nitrogens is 1. The molecule has 0 unspecified atom stereocenters. The lowest BCUT2D eigenvalue weighted by atomic mass is 9.98. The topological polar surface area (TPSA) is 69.5 Å². The molecule has 0 aliphatic carbocycles. The number of halogens is 2. The Kier molecular flexibility index (Phi) is 4.15. The maximum atomic E-state index is 14.0. The second-order valence-corrected chi connectivity index (χ2v) is 5.65. The van der Waals surface area contributed by atoms with Gasteiger partial charge in [0, 0.05) is 5.56 Å². The highest BCUT2D eigenvalue weighted by Crippen LogP contribution is 2.29. The van der Waals surface area contributed by atoms with E-state index in [-0.39, 0.29) is 16.8 Å². The van der Waals surface area contributed by atoms with Crippen LogP contribution in [0.25, 0.3) is 22.4 Å². The van der Waals surface area contributed by atoms with E-state index in [2.05, 4.69) is 9.97 Å². The number of hydrogen-bond donors (Lipinski definition) is 1. The lowest BCUT2D eigenvalue weighted by Crippen LogP contribution is -2.14. The first kappa shape index (κ1) is 16.5. The lowest BCUT2D eigenvalue weighted by molar-refractivity contribution is 0.619.